The van der Waals surface area contributed by atoms with E-state index in [0.717, 1.165) is 5.52 Å². The summed E-state index contributed by atoms with van der Waals surface area (Å²) >= 11 is 0. The Labute approximate surface area is 133 Å². The average molecular weight is 311 g/mol. The minimum absolute atomic E-state index is 0.105. The Balaban J connectivity index is 1.66. The Bertz CT molecular complexity index is 874. The van der Waals surface area contributed by atoms with Gasteiger partial charge >= 0.3 is 5.76 Å². The first-order valence-corrected chi connectivity index (χ1v) is 7.53. The number of oxazole rings is 1. The molecular formula is C18H17NO4. The molecular weight excluding hydrogens is 294 g/mol. The number of hydrogen-bond acceptors (Lipinski definition) is 4. The van der Waals surface area contributed by atoms with E-state index in [9.17, 15) is 9.59 Å². The van der Waals surface area contributed by atoms with E-state index in [-0.39, 0.29) is 5.78 Å². The van der Waals surface area contributed by atoms with Crippen molar-refractivity contribution in [3.8, 4) is 5.75 Å². The molecule has 3 aromatic rings. The van der Waals surface area contributed by atoms with Gasteiger partial charge in [-0.05, 0) is 36.4 Å². The molecule has 3 rings (SSSR count). The van der Waals surface area contributed by atoms with Crippen LogP contribution in [0, 0.1) is 0 Å². The zero-order chi connectivity index (χ0) is 16.2. The maximum atomic E-state index is 11.8. The van der Waals surface area contributed by atoms with E-state index in [0.29, 0.717) is 36.5 Å². The van der Waals surface area contributed by atoms with Crippen LogP contribution in [0.2, 0.25) is 0 Å². The summed E-state index contributed by atoms with van der Waals surface area (Å²) in [6.07, 6.45) is 0.483. The van der Waals surface area contributed by atoms with E-state index < -0.39 is 5.76 Å². The summed E-state index contributed by atoms with van der Waals surface area (Å²) in [6, 6.07) is 14.3. The highest BCUT2D eigenvalue weighted by molar-refractivity contribution is 5.95. The van der Waals surface area contributed by atoms with Crippen molar-refractivity contribution in [2.24, 2.45) is 0 Å². The van der Waals surface area contributed by atoms with Crippen LogP contribution < -0.4 is 10.5 Å². The van der Waals surface area contributed by atoms with Gasteiger partial charge in [0.25, 0.3) is 0 Å². The molecule has 5 heteroatoms. The molecule has 0 spiro atoms. The molecule has 0 saturated carbocycles. The Hall–Kier alpha value is -2.82. The zero-order valence-corrected chi connectivity index (χ0v) is 12.8. The van der Waals surface area contributed by atoms with Crippen LogP contribution in [0.25, 0.3) is 11.1 Å². The van der Waals surface area contributed by atoms with Crippen LogP contribution in [0.1, 0.15) is 23.7 Å². The number of benzene rings is 2. The first kappa shape index (κ1) is 15.1. The number of para-hydroxylation sites is 2. The SMILES string of the molecule is CCC(=O)c1ccc(OCCn2c(=O)oc3ccccc32)cc1. The van der Waals surface area contributed by atoms with E-state index in [4.69, 9.17) is 9.15 Å². The zero-order valence-electron chi connectivity index (χ0n) is 12.8. The molecule has 0 aliphatic heterocycles. The molecule has 0 atom stereocenters. The normalized spacial score (nSPS) is 10.8. The van der Waals surface area contributed by atoms with Crippen LogP contribution in [0.4, 0.5) is 0 Å². The quantitative estimate of drug-likeness (QED) is 0.656. The van der Waals surface area contributed by atoms with Gasteiger partial charge in [-0.15, -0.1) is 0 Å². The van der Waals surface area contributed by atoms with Crippen LogP contribution in [-0.2, 0) is 6.54 Å². The van der Waals surface area contributed by atoms with Crippen molar-refractivity contribution in [3.63, 3.8) is 0 Å². The third-order valence-electron chi connectivity index (χ3n) is 3.65. The third-order valence-corrected chi connectivity index (χ3v) is 3.65. The molecule has 2 aromatic carbocycles. The molecule has 1 aromatic heterocycles. The van der Waals surface area contributed by atoms with Gasteiger partial charge < -0.3 is 9.15 Å². The number of rotatable bonds is 6. The van der Waals surface area contributed by atoms with Crippen molar-refractivity contribution < 1.29 is 13.9 Å². The molecule has 0 bridgehead atoms. The standard InChI is InChI=1S/C18H17NO4/c1-2-16(20)13-7-9-14(10-8-13)22-12-11-19-15-5-3-4-6-17(15)23-18(19)21/h3-10H,2,11-12H2,1H3. The molecule has 5 nitrogen and oxygen atoms in total. The van der Waals surface area contributed by atoms with Crippen LogP contribution in [0.5, 0.6) is 5.75 Å². The summed E-state index contributed by atoms with van der Waals surface area (Å²) in [5.74, 6) is 0.380. The number of fused-ring (bicyclic) bond motifs is 1. The number of aromatic nitrogens is 1. The first-order chi connectivity index (χ1) is 11.2. The number of ether oxygens (including phenoxy) is 1. The minimum atomic E-state index is -0.390. The largest absolute Gasteiger partial charge is 0.492 e. The maximum absolute atomic E-state index is 11.8. The molecule has 0 unspecified atom stereocenters. The lowest BCUT2D eigenvalue weighted by Gasteiger charge is -2.07. The third kappa shape index (κ3) is 3.18. The lowest BCUT2D eigenvalue weighted by atomic mass is 10.1. The molecule has 0 amide bonds. The number of nitrogens with zero attached hydrogens (tertiary/aromatic N) is 1. The average Bonchev–Trinajstić information content (AvgIpc) is 2.90. The van der Waals surface area contributed by atoms with Crippen LogP contribution in [-0.4, -0.2) is 17.0 Å². The van der Waals surface area contributed by atoms with Crippen LogP contribution in [0.3, 0.4) is 0 Å². The Morgan fingerprint density at radius 3 is 2.61 bits per heavy atom. The molecule has 0 fully saturated rings. The summed E-state index contributed by atoms with van der Waals surface area (Å²) in [6.45, 7) is 2.57. The van der Waals surface area contributed by atoms with Gasteiger partial charge in [-0.25, -0.2) is 4.79 Å². The Morgan fingerprint density at radius 2 is 1.87 bits per heavy atom. The molecule has 0 radical (unpaired) electrons. The molecule has 23 heavy (non-hydrogen) atoms. The predicted octanol–water partition coefficient (Wildman–Crippen LogP) is 3.27. The van der Waals surface area contributed by atoms with Crippen LogP contribution >= 0.6 is 0 Å². The molecule has 118 valence electrons. The highest BCUT2D eigenvalue weighted by Gasteiger charge is 2.08. The topological polar surface area (TPSA) is 61.4 Å². The van der Waals surface area contributed by atoms with E-state index in [1.807, 2.05) is 25.1 Å². The molecule has 0 aliphatic rings. The van der Waals surface area contributed by atoms with Crippen molar-refractivity contribution >= 4 is 16.9 Å². The van der Waals surface area contributed by atoms with E-state index >= 15 is 0 Å². The first-order valence-electron chi connectivity index (χ1n) is 7.53. The summed E-state index contributed by atoms with van der Waals surface area (Å²) in [7, 11) is 0. The second kappa shape index (κ2) is 6.52. The van der Waals surface area contributed by atoms with Gasteiger partial charge in [-0.2, -0.15) is 0 Å². The number of carbonyl (C=O) groups is 1. The summed E-state index contributed by atoms with van der Waals surface area (Å²) in [4.78, 5) is 23.4. The minimum Gasteiger partial charge on any atom is -0.492 e. The fourth-order valence-electron chi connectivity index (χ4n) is 2.42. The van der Waals surface area contributed by atoms with Gasteiger partial charge in [0, 0.05) is 12.0 Å². The Kier molecular flexibility index (Phi) is 4.28. The van der Waals surface area contributed by atoms with Gasteiger partial charge in [0.1, 0.15) is 12.4 Å². The summed E-state index contributed by atoms with van der Waals surface area (Å²) in [5, 5.41) is 0. The fraction of sp³-hybridized carbons (Fsp3) is 0.222. The van der Waals surface area contributed by atoms with Gasteiger partial charge in [0.05, 0.1) is 12.1 Å². The maximum Gasteiger partial charge on any atom is 0.420 e. The number of carbonyl (C=O) groups excluding carboxylic acids is 1. The molecule has 0 N–H and O–H groups in total. The second-order valence-electron chi connectivity index (χ2n) is 5.14. The number of ketones is 1. The molecule has 0 saturated heterocycles. The van der Waals surface area contributed by atoms with Crippen molar-refractivity contribution in [1.82, 2.24) is 4.57 Å². The highest BCUT2D eigenvalue weighted by Crippen LogP contribution is 2.15. The number of Topliss-reactive ketones (excluding diaryl/α,β-unsaturated/α-hetero) is 1. The predicted molar refractivity (Wildman–Crippen MR) is 87.0 cm³/mol. The van der Waals surface area contributed by atoms with E-state index in [2.05, 4.69) is 0 Å². The van der Waals surface area contributed by atoms with Crippen molar-refractivity contribution in [2.75, 3.05) is 6.61 Å². The number of hydrogen-bond donors (Lipinski definition) is 0. The second-order valence-corrected chi connectivity index (χ2v) is 5.14. The fourth-order valence-corrected chi connectivity index (χ4v) is 2.42. The van der Waals surface area contributed by atoms with Gasteiger partial charge in [-0.3, -0.25) is 9.36 Å². The van der Waals surface area contributed by atoms with E-state index in [1.165, 1.54) is 0 Å². The smallest absolute Gasteiger partial charge is 0.420 e. The van der Waals surface area contributed by atoms with Gasteiger partial charge in [0.2, 0.25) is 0 Å². The van der Waals surface area contributed by atoms with Crippen LogP contribution in [0.15, 0.2) is 57.7 Å². The summed E-state index contributed by atoms with van der Waals surface area (Å²) < 4.78 is 12.4. The van der Waals surface area contributed by atoms with Crippen molar-refractivity contribution in [2.45, 2.75) is 19.9 Å². The lowest BCUT2D eigenvalue weighted by Crippen LogP contribution is -2.18. The lowest BCUT2D eigenvalue weighted by molar-refractivity contribution is 0.0988. The van der Waals surface area contributed by atoms with Crippen molar-refractivity contribution in [1.29, 1.82) is 0 Å². The van der Waals surface area contributed by atoms with Gasteiger partial charge in [0.15, 0.2) is 11.4 Å². The summed E-state index contributed by atoms with van der Waals surface area (Å²) in [5.41, 5.74) is 2.00. The van der Waals surface area contributed by atoms with Gasteiger partial charge in [-0.1, -0.05) is 19.1 Å². The van der Waals surface area contributed by atoms with E-state index in [1.54, 1.807) is 34.9 Å². The Morgan fingerprint density at radius 1 is 1.13 bits per heavy atom. The highest BCUT2D eigenvalue weighted by atomic mass is 16.5. The molecule has 0 aliphatic carbocycles. The van der Waals surface area contributed by atoms with Crippen molar-refractivity contribution in [3.05, 3.63) is 64.6 Å². The molecule has 1 heterocycles. The monoisotopic (exact) mass is 311 g/mol.